The van der Waals surface area contributed by atoms with Crippen LogP contribution in [-0.2, 0) is 0 Å². The fourth-order valence-corrected chi connectivity index (χ4v) is 2.12. The van der Waals surface area contributed by atoms with E-state index < -0.39 is 0 Å². The minimum Gasteiger partial charge on any atom is -0.493 e. The molecule has 0 bridgehead atoms. The topological polar surface area (TPSA) is 67.8 Å². The fraction of sp³-hybridized carbons (Fsp3) is 0.562. The van der Waals surface area contributed by atoms with Crippen molar-refractivity contribution in [3.05, 3.63) is 29.3 Å². The second kappa shape index (κ2) is 8.46. The number of ether oxygens (including phenoxy) is 1. The third kappa shape index (κ3) is 4.76. The Morgan fingerprint density at radius 2 is 2.15 bits per heavy atom. The number of nitrogens with zero attached hydrogens (tertiary/aromatic N) is 1. The summed E-state index contributed by atoms with van der Waals surface area (Å²) in [6.07, 6.45) is 4.71. The van der Waals surface area contributed by atoms with Gasteiger partial charge < -0.3 is 15.7 Å². The van der Waals surface area contributed by atoms with Crippen LogP contribution in [0.5, 0.6) is 5.75 Å². The summed E-state index contributed by atoms with van der Waals surface area (Å²) in [6.45, 7) is 7.05. The minimum absolute atomic E-state index is 0.0848. The molecule has 0 aliphatic rings. The molecule has 0 radical (unpaired) electrons. The number of unbranched alkanes of at least 4 members (excludes halogenated alkanes) is 1. The van der Waals surface area contributed by atoms with Crippen LogP contribution in [0.2, 0.25) is 0 Å². The molecule has 20 heavy (non-hydrogen) atoms. The second-order valence-electron chi connectivity index (χ2n) is 5.21. The van der Waals surface area contributed by atoms with Gasteiger partial charge in [-0.25, -0.2) is 0 Å². The van der Waals surface area contributed by atoms with Crippen molar-refractivity contribution in [3.8, 4) is 5.75 Å². The Labute approximate surface area is 121 Å². The molecule has 4 nitrogen and oxygen atoms in total. The number of aryl methyl sites for hydroxylation is 1. The number of rotatable bonds is 8. The Bertz CT molecular complexity index is 444. The van der Waals surface area contributed by atoms with Crippen LogP contribution >= 0.6 is 0 Å². The Morgan fingerprint density at radius 1 is 1.40 bits per heavy atom. The van der Waals surface area contributed by atoms with Gasteiger partial charge in [-0.05, 0) is 37.0 Å². The number of oxime groups is 1. The molecule has 0 heterocycles. The molecule has 0 amide bonds. The molecule has 0 spiro atoms. The van der Waals surface area contributed by atoms with E-state index in [4.69, 9.17) is 15.7 Å². The van der Waals surface area contributed by atoms with Crippen LogP contribution in [0.4, 0.5) is 0 Å². The van der Waals surface area contributed by atoms with E-state index in [0.29, 0.717) is 23.8 Å². The number of benzene rings is 1. The fourth-order valence-electron chi connectivity index (χ4n) is 2.12. The Hall–Kier alpha value is -1.71. The first-order valence-corrected chi connectivity index (χ1v) is 7.33. The molecule has 1 unspecified atom stereocenters. The van der Waals surface area contributed by atoms with E-state index in [1.165, 1.54) is 19.3 Å². The van der Waals surface area contributed by atoms with Crippen LogP contribution in [0.1, 0.15) is 50.7 Å². The molecule has 112 valence electrons. The number of hydrogen-bond donors (Lipinski definition) is 2. The lowest BCUT2D eigenvalue weighted by molar-refractivity contribution is 0.232. The summed E-state index contributed by atoms with van der Waals surface area (Å²) in [4.78, 5) is 0. The summed E-state index contributed by atoms with van der Waals surface area (Å²) in [5.74, 6) is 1.33. The smallest absolute Gasteiger partial charge is 0.173 e. The van der Waals surface area contributed by atoms with Crippen molar-refractivity contribution in [2.45, 2.75) is 46.5 Å². The predicted octanol–water partition coefficient (Wildman–Crippen LogP) is 3.68. The molecule has 0 aliphatic heterocycles. The van der Waals surface area contributed by atoms with Crippen LogP contribution in [0.25, 0.3) is 0 Å². The first-order chi connectivity index (χ1) is 9.62. The van der Waals surface area contributed by atoms with Crippen LogP contribution in [0, 0.1) is 12.8 Å². The molecule has 0 aromatic heterocycles. The highest BCUT2D eigenvalue weighted by Gasteiger charge is 2.12. The zero-order valence-electron chi connectivity index (χ0n) is 12.7. The van der Waals surface area contributed by atoms with E-state index in [2.05, 4.69) is 19.0 Å². The summed E-state index contributed by atoms with van der Waals surface area (Å²) in [5, 5.41) is 11.9. The van der Waals surface area contributed by atoms with Gasteiger partial charge in [-0.2, -0.15) is 0 Å². The normalized spacial score (nSPS) is 13.2. The molecule has 0 saturated carbocycles. The average molecular weight is 278 g/mol. The first kappa shape index (κ1) is 16.3. The van der Waals surface area contributed by atoms with Crippen molar-refractivity contribution in [2.24, 2.45) is 16.8 Å². The van der Waals surface area contributed by atoms with Gasteiger partial charge in [-0.15, -0.1) is 0 Å². The predicted molar refractivity (Wildman–Crippen MR) is 82.5 cm³/mol. The quantitative estimate of drug-likeness (QED) is 0.330. The highest BCUT2D eigenvalue weighted by molar-refractivity contribution is 5.99. The molecular weight excluding hydrogens is 252 g/mol. The maximum atomic E-state index is 8.83. The molecule has 1 aromatic carbocycles. The van der Waals surface area contributed by atoms with Crippen molar-refractivity contribution in [1.82, 2.24) is 0 Å². The van der Waals surface area contributed by atoms with E-state index in [1.807, 2.05) is 25.1 Å². The largest absolute Gasteiger partial charge is 0.493 e. The Balaban J connectivity index is 2.77. The van der Waals surface area contributed by atoms with Gasteiger partial charge in [-0.3, -0.25) is 0 Å². The van der Waals surface area contributed by atoms with Crippen molar-refractivity contribution < 1.29 is 9.94 Å². The van der Waals surface area contributed by atoms with Crippen LogP contribution in [0.3, 0.4) is 0 Å². The maximum absolute atomic E-state index is 8.83. The Kier molecular flexibility index (Phi) is 6.91. The van der Waals surface area contributed by atoms with E-state index in [-0.39, 0.29) is 5.84 Å². The Morgan fingerprint density at radius 3 is 2.75 bits per heavy atom. The highest BCUT2D eigenvalue weighted by Crippen LogP contribution is 2.22. The summed E-state index contributed by atoms with van der Waals surface area (Å²) in [5.41, 5.74) is 7.42. The average Bonchev–Trinajstić information content (AvgIpc) is 2.47. The van der Waals surface area contributed by atoms with E-state index in [9.17, 15) is 0 Å². The number of nitrogens with two attached hydrogens (primary N) is 1. The minimum atomic E-state index is 0.0848. The van der Waals surface area contributed by atoms with Crippen LogP contribution in [0.15, 0.2) is 23.4 Å². The molecule has 0 aliphatic carbocycles. The highest BCUT2D eigenvalue weighted by atomic mass is 16.5. The third-order valence-electron chi connectivity index (χ3n) is 3.54. The summed E-state index contributed by atoms with van der Waals surface area (Å²) >= 11 is 0. The molecule has 1 atom stereocenters. The number of amidine groups is 1. The van der Waals surface area contributed by atoms with Gasteiger partial charge in [-0.1, -0.05) is 44.3 Å². The van der Waals surface area contributed by atoms with Gasteiger partial charge in [0.2, 0.25) is 0 Å². The lowest BCUT2D eigenvalue weighted by Gasteiger charge is -2.17. The van der Waals surface area contributed by atoms with Gasteiger partial charge in [0, 0.05) is 0 Å². The molecular formula is C16H26N2O2. The zero-order valence-corrected chi connectivity index (χ0v) is 12.7. The van der Waals surface area contributed by atoms with Gasteiger partial charge in [0.1, 0.15) is 5.75 Å². The zero-order chi connectivity index (χ0) is 15.0. The maximum Gasteiger partial charge on any atom is 0.173 e. The van der Waals surface area contributed by atoms with Crippen molar-refractivity contribution in [2.75, 3.05) is 6.61 Å². The first-order valence-electron chi connectivity index (χ1n) is 7.33. The standard InChI is InChI=1S/C16H26N2O2/c1-4-6-7-13(5-2)11-20-15-10-12(3)8-9-14(15)16(17)18-19/h8-10,13,19H,4-7,11H2,1-3H3,(H2,17,18). The van der Waals surface area contributed by atoms with Gasteiger partial charge in [0.25, 0.3) is 0 Å². The molecule has 1 aromatic rings. The molecule has 0 saturated heterocycles. The molecule has 1 rings (SSSR count). The number of hydrogen-bond acceptors (Lipinski definition) is 3. The van der Waals surface area contributed by atoms with Crippen molar-refractivity contribution in [3.63, 3.8) is 0 Å². The third-order valence-corrected chi connectivity index (χ3v) is 3.54. The van der Waals surface area contributed by atoms with Crippen molar-refractivity contribution in [1.29, 1.82) is 0 Å². The van der Waals surface area contributed by atoms with Gasteiger partial charge in [0.15, 0.2) is 5.84 Å². The molecule has 4 heteroatoms. The van der Waals surface area contributed by atoms with Gasteiger partial charge >= 0.3 is 0 Å². The van der Waals surface area contributed by atoms with Gasteiger partial charge in [0.05, 0.1) is 12.2 Å². The summed E-state index contributed by atoms with van der Waals surface area (Å²) < 4.78 is 5.92. The van der Waals surface area contributed by atoms with Crippen LogP contribution < -0.4 is 10.5 Å². The monoisotopic (exact) mass is 278 g/mol. The van der Waals surface area contributed by atoms with E-state index in [1.54, 1.807) is 0 Å². The summed E-state index contributed by atoms with van der Waals surface area (Å²) in [6, 6.07) is 5.68. The lowest BCUT2D eigenvalue weighted by Crippen LogP contribution is -2.17. The SMILES string of the molecule is CCCCC(CC)COc1cc(C)ccc1C(N)=NO. The van der Waals surface area contributed by atoms with Crippen molar-refractivity contribution >= 4 is 5.84 Å². The molecule has 3 N–H and O–H groups in total. The van der Waals surface area contributed by atoms with E-state index in [0.717, 1.165) is 12.0 Å². The van der Waals surface area contributed by atoms with E-state index >= 15 is 0 Å². The molecule has 0 fully saturated rings. The second-order valence-corrected chi connectivity index (χ2v) is 5.21. The lowest BCUT2D eigenvalue weighted by atomic mass is 10.0. The van der Waals surface area contributed by atoms with Crippen LogP contribution in [-0.4, -0.2) is 17.6 Å². The summed E-state index contributed by atoms with van der Waals surface area (Å²) in [7, 11) is 0.